The van der Waals surface area contributed by atoms with Gasteiger partial charge >= 0.3 is 6.18 Å². The van der Waals surface area contributed by atoms with Gasteiger partial charge in [0.15, 0.2) is 0 Å². The minimum atomic E-state index is -4.51. The van der Waals surface area contributed by atoms with Crippen LogP contribution in [0.1, 0.15) is 23.7 Å². The number of hydrogen-bond donors (Lipinski definition) is 0. The van der Waals surface area contributed by atoms with Crippen molar-refractivity contribution in [3.8, 4) is 0 Å². The maximum atomic E-state index is 12.4. The second kappa shape index (κ2) is 6.31. The van der Waals surface area contributed by atoms with Crippen molar-refractivity contribution < 1.29 is 26.4 Å². The summed E-state index contributed by atoms with van der Waals surface area (Å²) in [5.41, 5.74) is -0.119. The lowest BCUT2D eigenvalue weighted by Crippen LogP contribution is -2.39. The Hall–Kier alpha value is -0.800. The Labute approximate surface area is 122 Å². The van der Waals surface area contributed by atoms with E-state index in [0.717, 1.165) is 6.07 Å². The Bertz CT molecular complexity index is 583. The fourth-order valence-electron chi connectivity index (χ4n) is 1.48. The van der Waals surface area contributed by atoms with Crippen LogP contribution in [0.25, 0.3) is 0 Å². The lowest BCUT2D eigenvalue weighted by Gasteiger charge is -2.22. The van der Waals surface area contributed by atoms with Crippen LogP contribution in [-0.2, 0) is 9.05 Å². The summed E-state index contributed by atoms with van der Waals surface area (Å²) < 4.78 is 59.0. The van der Waals surface area contributed by atoms with E-state index in [9.17, 15) is 26.4 Å². The number of carbonyl (C=O) groups is 1. The van der Waals surface area contributed by atoms with Crippen molar-refractivity contribution in [1.82, 2.24) is 4.90 Å². The lowest BCUT2D eigenvalue weighted by molar-refractivity contribution is -0.140. The smallest absolute Gasteiger partial charge is 0.330 e. The maximum absolute atomic E-state index is 12.4. The number of nitrogens with zero attached hydrogens (tertiary/aromatic N) is 1. The molecule has 0 N–H and O–H groups in total. The molecule has 1 amide bonds. The Balaban J connectivity index is 2.98. The summed E-state index contributed by atoms with van der Waals surface area (Å²) in [6.07, 6.45) is -4.16. The first-order valence-electron chi connectivity index (χ1n) is 5.44. The van der Waals surface area contributed by atoms with Gasteiger partial charge in [0.25, 0.3) is 15.0 Å². The number of thiophene rings is 1. The number of halogens is 4. The molecule has 0 spiro atoms. The van der Waals surface area contributed by atoms with Gasteiger partial charge in [0.05, 0.1) is 5.56 Å². The molecule has 114 valence electrons. The van der Waals surface area contributed by atoms with E-state index in [1.807, 2.05) is 0 Å². The lowest BCUT2D eigenvalue weighted by atomic mass is 10.2. The molecule has 1 rings (SSSR count). The second-order valence-electron chi connectivity index (χ2n) is 3.93. The standard InChI is InChI=1S/C10H11ClF3NO3S2/c1-2-3-15(6-10(12,13)14)9(16)7-4-8(19-5-7)20(11,17)18/h4-5H,2-3,6H2,1H3. The van der Waals surface area contributed by atoms with Gasteiger partial charge in [-0.2, -0.15) is 13.2 Å². The molecule has 0 fully saturated rings. The molecule has 10 heteroatoms. The highest BCUT2D eigenvalue weighted by Gasteiger charge is 2.33. The molecular weight excluding hydrogens is 339 g/mol. The normalized spacial score (nSPS) is 12.4. The predicted octanol–water partition coefficient (Wildman–Crippen LogP) is 3.09. The van der Waals surface area contributed by atoms with E-state index >= 15 is 0 Å². The van der Waals surface area contributed by atoms with Crippen molar-refractivity contribution in [2.45, 2.75) is 23.7 Å². The molecule has 0 radical (unpaired) electrons. The van der Waals surface area contributed by atoms with Crippen LogP contribution in [0.3, 0.4) is 0 Å². The van der Waals surface area contributed by atoms with Gasteiger partial charge in [-0.3, -0.25) is 4.79 Å². The zero-order valence-electron chi connectivity index (χ0n) is 10.3. The van der Waals surface area contributed by atoms with Crippen LogP contribution in [0.4, 0.5) is 13.2 Å². The first kappa shape index (κ1) is 17.3. The molecule has 0 saturated heterocycles. The molecule has 0 saturated carbocycles. The van der Waals surface area contributed by atoms with Crippen LogP contribution in [0.2, 0.25) is 0 Å². The van der Waals surface area contributed by atoms with Gasteiger partial charge in [-0.25, -0.2) is 8.42 Å². The number of alkyl halides is 3. The molecule has 1 aromatic rings. The van der Waals surface area contributed by atoms with Crippen LogP contribution < -0.4 is 0 Å². The van der Waals surface area contributed by atoms with Crippen molar-refractivity contribution in [2.24, 2.45) is 0 Å². The molecule has 0 aliphatic carbocycles. The third-order valence-corrected chi connectivity index (χ3v) is 5.25. The zero-order valence-corrected chi connectivity index (χ0v) is 12.7. The number of amides is 1. The molecule has 0 bridgehead atoms. The Morgan fingerprint density at radius 3 is 2.45 bits per heavy atom. The van der Waals surface area contributed by atoms with E-state index in [-0.39, 0.29) is 16.3 Å². The minimum Gasteiger partial charge on any atom is -0.330 e. The van der Waals surface area contributed by atoms with Crippen LogP contribution in [0, 0.1) is 0 Å². The van der Waals surface area contributed by atoms with E-state index in [1.54, 1.807) is 6.92 Å². The molecule has 0 atom stereocenters. The Morgan fingerprint density at radius 2 is 2.05 bits per heavy atom. The van der Waals surface area contributed by atoms with E-state index in [1.165, 1.54) is 5.38 Å². The molecule has 1 heterocycles. The third kappa shape index (κ3) is 4.95. The van der Waals surface area contributed by atoms with Crippen LogP contribution in [0.15, 0.2) is 15.7 Å². The van der Waals surface area contributed by atoms with Gasteiger partial charge in [0.1, 0.15) is 10.8 Å². The number of carbonyl (C=O) groups excluding carboxylic acids is 1. The third-order valence-electron chi connectivity index (χ3n) is 2.21. The predicted molar refractivity (Wildman–Crippen MR) is 69.6 cm³/mol. The van der Waals surface area contributed by atoms with Crippen LogP contribution in [0.5, 0.6) is 0 Å². The van der Waals surface area contributed by atoms with Crippen molar-refractivity contribution >= 4 is 37.0 Å². The summed E-state index contributed by atoms with van der Waals surface area (Å²) in [5.74, 6) is -0.869. The maximum Gasteiger partial charge on any atom is 0.406 e. The average molecular weight is 350 g/mol. The second-order valence-corrected chi connectivity index (χ2v) is 7.64. The van der Waals surface area contributed by atoms with E-state index in [4.69, 9.17) is 10.7 Å². The van der Waals surface area contributed by atoms with Gasteiger partial charge in [-0.1, -0.05) is 6.92 Å². The fraction of sp³-hybridized carbons (Fsp3) is 0.500. The molecular formula is C10H11ClF3NO3S2. The zero-order chi connectivity index (χ0) is 15.6. The first-order valence-corrected chi connectivity index (χ1v) is 8.62. The molecule has 0 aliphatic heterocycles. The highest BCUT2D eigenvalue weighted by atomic mass is 35.7. The van der Waals surface area contributed by atoms with Gasteiger partial charge in [-0.05, 0) is 12.5 Å². The highest BCUT2D eigenvalue weighted by Crippen LogP contribution is 2.25. The number of hydrogen-bond acceptors (Lipinski definition) is 4. The largest absolute Gasteiger partial charge is 0.406 e. The summed E-state index contributed by atoms with van der Waals surface area (Å²) in [7, 11) is 1.11. The molecule has 1 aromatic heterocycles. The average Bonchev–Trinajstić information content (AvgIpc) is 2.74. The molecule has 0 aliphatic rings. The molecule has 4 nitrogen and oxygen atoms in total. The van der Waals surface area contributed by atoms with Gasteiger partial charge in [0.2, 0.25) is 0 Å². The highest BCUT2D eigenvalue weighted by molar-refractivity contribution is 8.15. The van der Waals surface area contributed by atoms with Crippen LogP contribution in [-0.4, -0.2) is 38.5 Å². The van der Waals surface area contributed by atoms with Gasteiger partial charge in [-0.15, -0.1) is 11.3 Å². The van der Waals surface area contributed by atoms with E-state index in [2.05, 4.69) is 0 Å². The molecule has 0 aromatic carbocycles. The summed E-state index contributed by atoms with van der Waals surface area (Å²) >= 11 is 0.690. The molecule has 0 unspecified atom stereocenters. The van der Waals surface area contributed by atoms with Gasteiger partial charge in [0, 0.05) is 22.6 Å². The quantitative estimate of drug-likeness (QED) is 0.768. The van der Waals surface area contributed by atoms with Crippen molar-refractivity contribution in [3.05, 3.63) is 17.0 Å². The van der Waals surface area contributed by atoms with E-state index in [0.29, 0.717) is 22.7 Å². The Morgan fingerprint density at radius 1 is 1.45 bits per heavy atom. The summed E-state index contributed by atoms with van der Waals surface area (Å²) in [5, 5.41) is 1.18. The number of rotatable bonds is 5. The summed E-state index contributed by atoms with van der Waals surface area (Å²) in [6, 6.07) is 0.981. The van der Waals surface area contributed by atoms with Gasteiger partial charge < -0.3 is 4.90 Å². The van der Waals surface area contributed by atoms with E-state index < -0.39 is 27.7 Å². The van der Waals surface area contributed by atoms with Crippen LogP contribution >= 0.6 is 22.0 Å². The SMILES string of the molecule is CCCN(CC(F)(F)F)C(=O)c1csc(S(=O)(=O)Cl)c1. The topological polar surface area (TPSA) is 54.5 Å². The summed E-state index contributed by atoms with van der Waals surface area (Å²) in [6.45, 7) is 0.189. The van der Waals surface area contributed by atoms with Crippen molar-refractivity contribution in [2.75, 3.05) is 13.1 Å². The first-order chi connectivity index (χ1) is 9.04. The summed E-state index contributed by atoms with van der Waals surface area (Å²) in [4.78, 5) is 12.6. The fourth-order valence-corrected chi connectivity index (χ4v) is 3.42. The van der Waals surface area contributed by atoms with Crippen molar-refractivity contribution in [1.29, 1.82) is 0 Å². The minimum absolute atomic E-state index is 0.0723. The Kier molecular flexibility index (Phi) is 5.45. The monoisotopic (exact) mass is 349 g/mol. The molecule has 20 heavy (non-hydrogen) atoms. The van der Waals surface area contributed by atoms with Crippen molar-refractivity contribution in [3.63, 3.8) is 0 Å².